The van der Waals surface area contributed by atoms with Crippen LogP contribution >= 0.6 is 0 Å². The zero-order valence-corrected chi connectivity index (χ0v) is 41.7. The van der Waals surface area contributed by atoms with Gasteiger partial charge >= 0.3 is 0 Å². The summed E-state index contributed by atoms with van der Waals surface area (Å²) in [5.74, 6) is 2.13. The van der Waals surface area contributed by atoms with E-state index in [-0.39, 0.29) is 33.9 Å². The molecule has 0 N–H and O–H groups in total. The lowest BCUT2D eigenvalue weighted by Crippen LogP contribution is -2.32. The summed E-state index contributed by atoms with van der Waals surface area (Å²) >= 11 is 0. The Bertz CT molecular complexity index is 4190. The molecule has 0 fully saturated rings. The van der Waals surface area contributed by atoms with Crippen molar-refractivity contribution in [1.29, 1.82) is 0 Å². The summed E-state index contributed by atoms with van der Waals surface area (Å²) in [6, 6.07) is 50.6. The molecule has 5 heteroatoms. The largest absolute Gasteiger partial charge is 0.458 e. The van der Waals surface area contributed by atoms with Crippen molar-refractivity contribution < 1.29 is 16.2 Å². The molecule has 0 unspecified atom stereocenters. The Morgan fingerprint density at radius 3 is 1.97 bits per heavy atom. The van der Waals surface area contributed by atoms with Crippen LogP contribution in [-0.4, -0.2) is 14.1 Å². The molecule has 71 heavy (non-hydrogen) atoms. The van der Waals surface area contributed by atoms with Crippen LogP contribution in [0.15, 0.2) is 188 Å². The molecule has 1 aliphatic heterocycles. The fourth-order valence-electron chi connectivity index (χ4n) is 10.5. The lowest BCUT2D eigenvalue weighted by atomic mass is 9.73. The quantitative estimate of drug-likeness (QED) is 0.127. The number of hydrogen-bond donors (Lipinski definition) is 0. The standard InChI is InChI=1S/C66H58N4O/c1-64(2,3)43-34-35-67-60(38-43)70-57-30-16-15-25-50(57)51-33-32-47(40-59(51)70)71-46-23-17-22-45(39-46)68-41-69-62-48(42-20-11-10-12-21-42)27-18-28-54(62)55-36-44(65(4,5)6)37-56(66(7,8)9)61(55)52-26-14-13-24-49(52)53-29-19-31-58(68)63(53)69/h10-40H,1-9H3/i10D,11D,12D,20D,21D. The molecule has 0 saturated carbocycles. The normalized spacial score (nSPS) is 13.6. The van der Waals surface area contributed by atoms with E-state index in [1.54, 1.807) is 0 Å². The predicted octanol–water partition coefficient (Wildman–Crippen LogP) is 16.9. The van der Waals surface area contributed by atoms with Crippen LogP contribution in [0.1, 0.15) is 85.9 Å². The Kier molecular flexibility index (Phi) is 8.89. The minimum absolute atomic E-state index is 0.0627. The SMILES string of the molecule is [2H]c1c([2H])c([2H])c(-c2cccc3c2-[n+]2[c-]n(-c4cccc(Oc5ccc6c7ccccc7n(-c7cc(C(C)(C)C)ccn7)c6c5)c4)c4cccc(c42)-c2ccccc2-c2c-3cc(C(C)(C)C)cc2C(C)(C)C)c([2H])c1[2H]. The number of ether oxygens (including phenoxy) is 1. The van der Waals surface area contributed by atoms with Crippen molar-refractivity contribution in [3.05, 3.63) is 211 Å². The minimum atomic E-state index is -0.440. The number of para-hydroxylation sites is 3. The second kappa shape index (κ2) is 16.3. The van der Waals surface area contributed by atoms with Crippen LogP contribution in [0.5, 0.6) is 11.5 Å². The highest BCUT2D eigenvalue weighted by molar-refractivity contribution is 6.09. The second-order valence-corrected chi connectivity index (χ2v) is 21.9. The van der Waals surface area contributed by atoms with E-state index < -0.39 is 18.1 Å². The fraction of sp³-hybridized carbons (Fsp3) is 0.182. The number of pyridine rings is 1. The average molecular weight is 928 g/mol. The molecule has 0 radical (unpaired) electrons. The number of benzene rings is 8. The van der Waals surface area contributed by atoms with Gasteiger partial charge in [0.05, 0.1) is 40.3 Å². The summed E-state index contributed by atoms with van der Waals surface area (Å²) < 4.78 is 58.3. The summed E-state index contributed by atoms with van der Waals surface area (Å²) in [6.07, 6.45) is 5.72. The van der Waals surface area contributed by atoms with E-state index in [9.17, 15) is 2.74 Å². The molecule has 0 saturated heterocycles. The van der Waals surface area contributed by atoms with Crippen molar-refractivity contribution in [3.63, 3.8) is 0 Å². The van der Waals surface area contributed by atoms with Crippen LogP contribution in [-0.2, 0) is 16.2 Å². The predicted molar refractivity (Wildman–Crippen MR) is 294 cm³/mol. The zero-order valence-electron chi connectivity index (χ0n) is 46.7. The maximum Gasteiger partial charge on any atom is 0.269 e. The lowest BCUT2D eigenvalue weighted by Gasteiger charge is -2.31. The van der Waals surface area contributed by atoms with Crippen molar-refractivity contribution >= 4 is 32.8 Å². The van der Waals surface area contributed by atoms with E-state index in [4.69, 9.17) is 13.8 Å². The van der Waals surface area contributed by atoms with Gasteiger partial charge in [-0.05, 0) is 126 Å². The first-order chi connectivity index (χ1) is 36.2. The van der Waals surface area contributed by atoms with Crippen molar-refractivity contribution in [2.45, 2.75) is 78.6 Å². The molecule has 4 heterocycles. The van der Waals surface area contributed by atoms with Gasteiger partial charge in [-0.15, -0.1) is 0 Å². The van der Waals surface area contributed by atoms with Crippen LogP contribution in [0.4, 0.5) is 0 Å². The molecule has 0 bridgehead atoms. The smallest absolute Gasteiger partial charge is 0.269 e. The number of hydrogen-bond acceptors (Lipinski definition) is 2. The second-order valence-electron chi connectivity index (χ2n) is 21.9. The molecule has 12 rings (SSSR count). The maximum absolute atomic E-state index is 9.40. The van der Waals surface area contributed by atoms with Gasteiger partial charge in [0.2, 0.25) is 0 Å². The van der Waals surface area contributed by atoms with Gasteiger partial charge < -0.3 is 4.74 Å². The number of aromatic nitrogens is 4. The summed E-state index contributed by atoms with van der Waals surface area (Å²) in [7, 11) is 0. The molecule has 3 aromatic heterocycles. The molecule has 8 aromatic carbocycles. The van der Waals surface area contributed by atoms with Crippen LogP contribution in [0.25, 0.3) is 94.5 Å². The van der Waals surface area contributed by atoms with Crippen molar-refractivity contribution in [2.24, 2.45) is 0 Å². The number of rotatable bonds is 5. The third kappa shape index (κ3) is 7.45. The third-order valence-electron chi connectivity index (χ3n) is 14.1. The number of nitrogens with zero attached hydrogens (tertiary/aromatic N) is 4. The van der Waals surface area contributed by atoms with E-state index in [1.165, 1.54) is 11.1 Å². The van der Waals surface area contributed by atoms with Crippen molar-refractivity contribution in [1.82, 2.24) is 14.1 Å². The summed E-state index contributed by atoms with van der Waals surface area (Å²) in [5, 5.41) is 2.22. The highest BCUT2D eigenvalue weighted by atomic mass is 16.5. The number of fused-ring (bicyclic) bond motifs is 10. The Balaban J connectivity index is 1.11. The molecular weight excluding hydrogens is 865 g/mol. The average Bonchev–Trinajstić information content (AvgIpc) is 3.95. The van der Waals surface area contributed by atoms with Gasteiger partial charge in [0.1, 0.15) is 17.3 Å². The first kappa shape index (κ1) is 38.8. The Hall–Kier alpha value is -8.02. The van der Waals surface area contributed by atoms with E-state index in [0.717, 1.165) is 83.3 Å². The fourth-order valence-corrected chi connectivity index (χ4v) is 10.5. The Labute approximate surface area is 424 Å². The number of imidazole rings is 1. The van der Waals surface area contributed by atoms with E-state index in [2.05, 4.69) is 187 Å². The van der Waals surface area contributed by atoms with Crippen LogP contribution in [0.3, 0.4) is 0 Å². The van der Waals surface area contributed by atoms with Crippen LogP contribution in [0, 0.1) is 6.33 Å². The maximum atomic E-state index is 9.40. The minimum Gasteiger partial charge on any atom is -0.458 e. The van der Waals surface area contributed by atoms with Crippen LogP contribution < -0.4 is 9.30 Å². The molecule has 0 spiro atoms. The van der Waals surface area contributed by atoms with Gasteiger partial charge in [0, 0.05) is 23.0 Å². The molecule has 5 nitrogen and oxygen atoms in total. The molecule has 1 aliphatic rings. The highest BCUT2D eigenvalue weighted by Gasteiger charge is 2.32. The van der Waals surface area contributed by atoms with E-state index >= 15 is 0 Å². The topological polar surface area (TPSA) is 35.9 Å². The lowest BCUT2D eigenvalue weighted by molar-refractivity contribution is -0.570. The van der Waals surface area contributed by atoms with E-state index in [0.29, 0.717) is 22.7 Å². The first-order valence-electron chi connectivity index (χ1n) is 27.0. The van der Waals surface area contributed by atoms with Gasteiger partial charge in [0.25, 0.3) is 6.33 Å². The first-order valence-corrected chi connectivity index (χ1v) is 24.5. The van der Waals surface area contributed by atoms with Gasteiger partial charge in [-0.1, -0.05) is 190 Å². The van der Waals surface area contributed by atoms with Gasteiger partial charge in [0.15, 0.2) is 0 Å². The van der Waals surface area contributed by atoms with Gasteiger partial charge in [-0.2, -0.15) is 0 Å². The van der Waals surface area contributed by atoms with Crippen molar-refractivity contribution in [2.75, 3.05) is 0 Å². The Morgan fingerprint density at radius 1 is 0.521 bits per heavy atom. The zero-order chi connectivity index (χ0) is 53.3. The summed E-state index contributed by atoms with van der Waals surface area (Å²) in [4.78, 5) is 4.89. The molecule has 348 valence electrons. The third-order valence-corrected chi connectivity index (χ3v) is 14.1. The molecule has 11 aromatic rings. The summed E-state index contributed by atoms with van der Waals surface area (Å²) in [6.45, 7) is 20.1. The van der Waals surface area contributed by atoms with Crippen molar-refractivity contribution in [3.8, 4) is 73.2 Å². The molecule has 0 atom stereocenters. The molecule has 0 amide bonds. The molecule has 0 aliphatic carbocycles. The summed E-state index contributed by atoms with van der Waals surface area (Å²) in [5.41, 5.74) is 14.7. The van der Waals surface area contributed by atoms with E-state index in [1.807, 2.05) is 53.2 Å². The monoisotopic (exact) mass is 927 g/mol. The van der Waals surface area contributed by atoms with Crippen LogP contribution in [0.2, 0.25) is 0 Å². The van der Waals surface area contributed by atoms with Gasteiger partial charge in [-0.3, -0.25) is 13.7 Å². The molecular formula is C66H58N4O. The Morgan fingerprint density at radius 2 is 1.18 bits per heavy atom. The van der Waals surface area contributed by atoms with Gasteiger partial charge in [-0.25, -0.2) is 4.98 Å². The highest BCUT2D eigenvalue weighted by Crippen LogP contribution is 2.50.